The molecule has 1 atom stereocenters. The van der Waals surface area contributed by atoms with Gasteiger partial charge in [0.05, 0.1) is 25.1 Å². The average molecular weight is 563 g/mol. The van der Waals surface area contributed by atoms with Gasteiger partial charge in [-0.25, -0.2) is 0 Å². The lowest BCUT2D eigenvalue weighted by Crippen LogP contribution is -2.66. The predicted octanol–water partition coefficient (Wildman–Crippen LogP) is 3.21. The number of aromatic nitrogens is 1. The van der Waals surface area contributed by atoms with Crippen molar-refractivity contribution in [3.63, 3.8) is 0 Å². The maximum absolute atomic E-state index is 14.2. The highest BCUT2D eigenvalue weighted by Crippen LogP contribution is 2.42. The Labute approximate surface area is 237 Å². The first-order valence-corrected chi connectivity index (χ1v) is 13.9. The molecule has 3 amide bonds. The lowest BCUT2D eigenvalue weighted by atomic mass is 9.83. The number of carbonyl (C=O) groups is 3. The van der Waals surface area contributed by atoms with Crippen molar-refractivity contribution < 1.29 is 33.0 Å². The van der Waals surface area contributed by atoms with E-state index in [0.717, 1.165) is 19.3 Å². The van der Waals surface area contributed by atoms with Gasteiger partial charge >= 0.3 is 0 Å². The molecular formula is C30H34N4O7. The fraction of sp³-hybridized carbons (Fsp3) is 0.467. The SMILES string of the molecule is COc1cccnc1CNC(=O)C1(C)COc2c(oc3cc(C(=O)NC4CCC4)ccc23)C(=O)N1C1CC(OC)C1. The summed E-state index contributed by atoms with van der Waals surface area (Å²) in [6.45, 7) is 1.72. The molecule has 2 fully saturated rings. The molecule has 41 heavy (non-hydrogen) atoms. The number of rotatable bonds is 8. The zero-order valence-corrected chi connectivity index (χ0v) is 23.4. The zero-order valence-electron chi connectivity index (χ0n) is 23.4. The first-order chi connectivity index (χ1) is 19.8. The van der Waals surface area contributed by atoms with Crippen molar-refractivity contribution in [1.82, 2.24) is 20.5 Å². The first-order valence-electron chi connectivity index (χ1n) is 13.9. The monoisotopic (exact) mass is 562 g/mol. The number of nitrogens with zero attached hydrogens (tertiary/aromatic N) is 2. The van der Waals surface area contributed by atoms with E-state index < -0.39 is 11.4 Å². The van der Waals surface area contributed by atoms with Gasteiger partial charge in [0.25, 0.3) is 11.8 Å². The summed E-state index contributed by atoms with van der Waals surface area (Å²) in [6.07, 6.45) is 5.86. The number of carbonyl (C=O) groups excluding carboxylic acids is 3. The Bertz CT molecular complexity index is 1490. The maximum atomic E-state index is 14.2. The molecule has 6 rings (SSSR count). The predicted molar refractivity (Wildman–Crippen MR) is 148 cm³/mol. The molecule has 11 nitrogen and oxygen atoms in total. The van der Waals surface area contributed by atoms with E-state index in [1.165, 1.54) is 0 Å². The van der Waals surface area contributed by atoms with Crippen molar-refractivity contribution in [3.05, 3.63) is 53.5 Å². The normalized spacial score (nSPS) is 24.0. The van der Waals surface area contributed by atoms with Crippen LogP contribution in [0.25, 0.3) is 11.0 Å². The van der Waals surface area contributed by atoms with E-state index >= 15 is 0 Å². The minimum atomic E-state index is -1.35. The second-order valence-corrected chi connectivity index (χ2v) is 11.1. The topological polar surface area (TPSA) is 132 Å². The van der Waals surface area contributed by atoms with Crippen LogP contribution in [-0.4, -0.2) is 72.2 Å². The Morgan fingerprint density at radius 3 is 2.71 bits per heavy atom. The van der Waals surface area contributed by atoms with Gasteiger partial charge in [-0.1, -0.05) is 0 Å². The molecule has 0 radical (unpaired) electrons. The molecule has 216 valence electrons. The third-order valence-electron chi connectivity index (χ3n) is 8.53. The van der Waals surface area contributed by atoms with E-state index in [-0.39, 0.29) is 54.7 Å². The summed E-state index contributed by atoms with van der Waals surface area (Å²) in [5.41, 5.74) is 0.0494. The summed E-state index contributed by atoms with van der Waals surface area (Å²) in [5.74, 6) is -0.167. The van der Waals surface area contributed by atoms with Gasteiger partial charge in [0, 0.05) is 31.0 Å². The van der Waals surface area contributed by atoms with Gasteiger partial charge in [0.15, 0.2) is 11.3 Å². The Morgan fingerprint density at radius 1 is 1.20 bits per heavy atom. The molecule has 2 aromatic heterocycles. The van der Waals surface area contributed by atoms with Crippen LogP contribution in [0.3, 0.4) is 0 Å². The summed E-state index contributed by atoms with van der Waals surface area (Å²) in [5, 5.41) is 6.52. The number of fused-ring (bicyclic) bond motifs is 3. The van der Waals surface area contributed by atoms with Crippen molar-refractivity contribution in [3.8, 4) is 11.5 Å². The number of benzene rings is 1. The first kappa shape index (κ1) is 27.1. The fourth-order valence-electron chi connectivity index (χ4n) is 5.72. The van der Waals surface area contributed by atoms with Crippen LogP contribution >= 0.6 is 0 Å². The molecule has 0 spiro atoms. The van der Waals surface area contributed by atoms with Crippen molar-refractivity contribution in [2.24, 2.45) is 0 Å². The lowest BCUT2D eigenvalue weighted by molar-refractivity contribution is -0.138. The molecule has 1 aromatic carbocycles. The number of nitrogens with one attached hydrogen (secondary N) is 2. The molecule has 2 N–H and O–H groups in total. The van der Waals surface area contributed by atoms with E-state index in [4.69, 9.17) is 18.6 Å². The second-order valence-electron chi connectivity index (χ2n) is 11.1. The molecule has 2 aliphatic carbocycles. The number of hydrogen-bond acceptors (Lipinski definition) is 8. The van der Waals surface area contributed by atoms with Gasteiger partial charge in [-0.2, -0.15) is 0 Å². The molecule has 3 aromatic rings. The molecule has 1 unspecified atom stereocenters. The smallest absolute Gasteiger partial charge is 0.294 e. The van der Waals surface area contributed by atoms with Crippen LogP contribution in [0.5, 0.6) is 11.5 Å². The molecule has 2 saturated carbocycles. The van der Waals surface area contributed by atoms with E-state index in [1.807, 2.05) is 0 Å². The number of pyridine rings is 1. The summed E-state index contributed by atoms with van der Waals surface area (Å²) in [7, 11) is 3.18. The Kier molecular flexibility index (Phi) is 7.06. The zero-order chi connectivity index (χ0) is 28.7. The summed E-state index contributed by atoms with van der Waals surface area (Å²) < 4.78 is 23.1. The second kappa shape index (κ2) is 10.7. The molecule has 3 heterocycles. The molecular weight excluding hydrogens is 528 g/mol. The summed E-state index contributed by atoms with van der Waals surface area (Å²) in [6, 6.07) is 8.53. The van der Waals surface area contributed by atoms with Crippen LogP contribution in [-0.2, 0) is 16.1 Å². The van der Waals surface area contributed by atoms with Crippen molar-refractivity contribution >= 4 is 28.7 Å². The molecule has 0 saturated heterocycles. The van der Waals surface area contributed by atoms with Gasteiger partial charge in [0.1, 0.15) is 23.6 Å². The maximum Gasteiger partial charge on any atom is 0.294 e. The van der Waals surface area contributed by atoms with Crippen LogP contribution in [0.1, 0.15) is 65.6 Å². The summed E-state index contributed by atoms with van der Waals surface area (Å²) in [4.78, 5) is 46.6. The minimum Gasteiger partial charge on any atom is -0.495 e. The molecule has 3 aliphatic rings. The van der Waals surface area contributed by atoms with Crippen molar-refractivity contribution in [1.29, 1.82) is 0 Å². The van der Waals surface area contributed by atoms with Crippen LogP contribution in [0.2, 0.25) is 0 Å². The highest BCUT2D eigenvalue weighted by Gasteiger charge is 2.53. The Morgan fingerprint density at radius 2 is 2.00 bits per heavy atom. The number of methoxy groups -OCH3 is 2. The van der Waals surface area contributed by atoms with E-state index in [0.29, 0.717) is 40.8 Å². The highest BCUT2D eigenvalue weighted by atomic mass is 16.5. The minimum absolute atomic E-state index is 0.00561. The Balaban J connectivity index is 1.30. The van der Waals surface area contributed by atoms with Gasteiger partial charge in [-0.3, -0.25) is 19.4 Å². The summed E-state index contributed by atoms with van der Waals surface area (Å²) >= 11 is 0. The fourth-order valence-corrected chi connectivity index (χ4v) is 5.72. The van der Waals surface area contributed by atoms with Crippen molar-refractivity contribution in [2.75, 3.05) is 20.8 Å². The standard InChI is InChI=1S/C30H34N4O7/c1-30(29(37)32-15-22-23(39-3)8-5-11-31-22)16-40-25-21-10-9-17(27(35)33-18-6-4-7-18)12-24(21)41-26(25)28(36)34(30)19-13-20(14-19)38-2/h5,8-12,18-20H,4,6-7,13-16H2,1-3H3,(H,32,37)(H,33,35). The lowest BCUT2D eigenvalue weighted by Gasteiger charge is -2.48. The number of amides is 3. The largest absolute Gasteiger partial charge is 0.495 e. The van der Waals surface area contributed by atoms with Crippen LogP contribution in [0, 0.1) is 0 Å². The quantitative estimate of drug-likeness (QED) is 0.428. The number of hydrogen-bond donors (Lipinski definition) is 2. The van der Waals surface area contributed by atoms with Crippen LogP contribution < -0.4 is 20.1 Å². The van der Waals surface area contributed by atoms with E-state index in [2.05, 4.69) is 15.6 Å². The third kappa shape index (κ3) is 4.77. The average Bonchev–Trinajstić information content (AvgIpc) is 3.26. The van der Waals surface area contributed by atoms with Gasteiger partial charge in [-0.05, 0) is 69.4 Å². The highest BCUT2D eigenvalue weighted by molar-refractivity contribution is 6.06. The van der Waals surface area contributed by atoms with Gasteiger partial charge in [0.2, 0.25) is 11.7 Å². The van der Waals surface area contributed by atoms with E-state index in [9.17, 15) is 14.4 Å². The van der Waals surface area contributed by atoms with Gasteiger partial charge in [-0.15, -0.1) is 0 Å². The molecule has 0 bridgehead atoms. The van der Waals surface area contributed by atoms with E-state index in [1.54, 1.807) is 62.6 Å². The van der Waals surface area contributed by atoms with Crippen LogP contribution in [0.4, 0.5) is 0 Å². The number of ether oxygens (including phenoxy) is 3. The Hall–Kier alpha value is -4.12. The molecule has 11 heteroatoms. The van der Waals surface area contributed by atoms with Crippen molar-refractivity contribution in [2.45, 2.75) is 69.3 Å². The van der Waals surface area contributed by atoms with Gasteiger partial charge < -0.3 is 34.2 Å². The van der Waals surface area contributed by atoms with Crippen LogP contribution in [0.15, 0.2) is 40.9 Å². The molecule has 1 aliphatic heterocycles. The number of furan rings is 1. The third-order valence-corrected chi connectivity index (χ3v) is 8.53.